The minimum atomic E-state index is 0.0975. The summed E-state index contributed by atoms with van der Waals surface area (Å²) in [6, 6.07) is 8.42. The van der Waals surface area contributed by atoms with Crippen LogP contribution in [-0.4, -0.2) is 49.6 Å². The topological polar surface area (TPSA) is 32.5 Å². The Morgan fingerprint density at radius 1 is 1.40 bits per heavy atom. The molecule has 112 valence electrons. The highest BCUT2D eigenvalue weighted by atomic mass is 35.5. The van der Waals surface area contributed by atoms with Crippen LogP contribution >= 0.6 is 11.6 Å². The predicted octanol–water partition coefficient (Wildman–Crippen LogP) is 2.61. The molecular formula is C16H26ClN3. The summed E-state index contributed by atoms with van der Waals surface area (Å²) in [6.45, 7) is 5.58. The molecule has 2 rings (SSSR count). The van der Waals surface area contributed by atoms with Gasteiger partial charge in [0.1, 0.15) is 0 Å². The molecule has 1 saturated heterocycles. The average Bonchev–Trinajstić information content (AvgIpc) is 2.77. The molecule has 1 fully saturated rings. The molecule has 0 amide bonds. The molecule has 0 saturated carbocycles. The lowest BCUT2D eigenvalue weighted by Crippen LogP contribution is -2.40. The molecule has 1 aromatic rings. The third kappa shape index (κ3) is 3.95. The second-order valence-corrected chi connectivity index (χ2v) is 6.65. The number of nitrogens with two attached hydrogens (primary N) is 1. The Hall–Kier alpha value is -0.610. The van der Waals surface area contributed by atoms with Crippen molar-refractivity contribution in [2.45, 2.75) is 25.4 Å². The zero-order chi connectivity index (χ0) is 14.7. The molecule has 0 spiro atoms. The van der Waals surface area contributed by atoms with Crippen LogP contribution in [0.2, 0.25) is 5.02 Å². The van der Waals surface area contributed by atoms with Crippen LogP contribution in [0.4, 0.5) is 0 Å². The largest absolute Gasteiger partial charge is 0.326 e. The van der Waals surface area contributed by atoms with Crippen molar-refractivity contribution >= 4 is 11.6 Å². The predicted molar refractivity (Wildman–Crippen MR) is 86.1 cm³/mol. The van der Waals surface area contributed by atoms with Gasteiger partial charge < -0.3 is 10.6 Å². The molecule has 4 heteroatoms. The van der Waals surface area contributed by atoms with E-state index in [2.05, 4.69) is 43.0 Å². The highest BCUT2D eigenvalue weighted by Gasteiger charge is 2.26. The second kappa shape index (κ2) is 6.90. The Labute approximate surface area is 127 Å². The summed E-state index contributed by atoms with van der Waals surface area (Å²) >= 11 is 5.98. The lowest BCUT2D eigenvalue weighted by molar-refractivity contribution is 0.187. The molecule has 0 aliphatic carbocycles. The van der Waals surface area contributed by atoms with Crippen molar-refractivity contribution < 1.29 is 0 Å². The van der Waals surface area contributed by atoms with E-state index in [1.807, 2.05) is 12.1 Å². The van der Waals surface area contributed by atoms with Crippen LogP contribution in [-0.2, 0) is 0 Å². The van der Waals surface area contributed by atoms with Gasteiger partial charge in [-0.15, -0.1) is 0 Å². The van der Waals surface area contributed by atoms with Gasteiger partial charge in [0.05, 0.1) is 0 Å². The SMILES string of the molecule is CC(N)C(c1ccc(Cl)cc1)N(C)CC1CCN(C)C1. The summed E-state index contributed by atoms with van der Waals surface area (Å²) in [6.07, 6.45) is 1.28. The third-order valence-electron chi connectivity index (χ3n) is 4.22. The maximum atomic E-state index is 6.22. The van der Waals surface area contributed by atoms with Crippen molar-refractivity contribution in [3.05, 3.63) is 34.9 Å². The number of hydrogen-bond acceptors (Lipinski definition) is 3. The van der Waals surface area contributed by atoms with E-state index in [9.17, 15) is 0 Å². The fourth-order valence-corrected chi connectivity index (χ4v) is 3.44. The molecule has 0 bridgehead atoms. The van der Waals surface area contributed by atoms with E-state index in [0.29, 0.717) is 0 Å². The van der Waals surface area contributed by atoms with E-state index in [4.69, 9.17) is 17.3 Å². The Bertz CT molecular complexity index is 418. The van der Waals surface area contributed by atoms with Crippen molar-refractivity contribution in [1.29, 1.82) is 0 Å². The third-order valence-corrected chi connectivity index (χ3v) is 4.47. The van der Waals surface area contributed by atoms with Crippen LogP contribution in [0.5, 0.6) is 0 Å². The number of rotatable bonds is 5. The number of nitrogens with zero attached hydrogens (tertiary/aromatic N) is 2. The first kappa shape index (κ1) is 15.8. The quantitative estimate of drug-likeness (QED) is 0.906. The van der Waals surface area contributed by atoms with Crippen molar-refractivity contribution in [2.24, 2.45) is 11.7 Å². The molecule has 1 aliphatic rings. The van der Waals surface area contributed by atoms with Crippen LogP contribution in [0, 0.1) is 5.92 Å². The summed E-state index contributed by atoms with van der Waals surface area (Å²) in [7, 11) is 4.38. The Morgan fingerprint density at radius 3 is 2.55 bits per heavy atom. The van der Waals surface area contributed by atoms with Gasteiger partial charge in [-0.1, -0.05) is 23.7 Å². The van der Waals surface area contributed by atoms with Gasteiger partial charge in [-0.05, 0) is 57.6 Å². The molecule has 3 unspecified atom stereocenters. The monoisotopic (exact) mass is 295 g/mol. The Morgan fingerprint density at radius 2 is 2.05 bits per heavy atom. The Kier molecular flexibility index (Phi) is 5.44. The van der Waals surface area contributed by atoms with E-state index >= 15 is 0 Å². The maximum Gasteiger partial charge on any atom is 0.0493 e. The normalized spacial score (nSPS) is 23.2. The fourth-order valence-electron chi connectivity index (χ4n) is 3.32. The Balaban J connectivity index is 2.06. The van der Waals surface area contributed by atoms with Crippen molar-refractivity contribution in [2.75, 3.05) is 33.7 Å². The van der Waals surface area contributed by atoms with Crippen molar-refractivity contribution in [3.63, 3.8) is 0 Å². The molecule has 20 heavy (non-hydrogen) atoms. The molecule has 0 aromatic heterocycles. The molecule has 2 N–H and O–H groups in total. The first-order valence-electron chi connectivity index (χ1n) is 7.37. The van der Waals surface area contributed by atoms with Gasteiger partial charge in [0.2, 0.25) is 0 Å². The smallest absolute Gasteiger partial charge is 0.0493 e. The number of likely N-dealkylation sites (N-methyl/N-ethyl adjacent to an activating group) is 1. The first-order chi connectivity index (χ1) is 9.47. The van der Waals surface area contributed by atoms with E-state index in [1.165, 1.54) is 25.1 Å². The zero-order valence-corrected chi connectivity index (χ0v) is 13.5. The van der Waals surface area contributed by atoms with Crippen molar-refractivity contribution in [1.82, 2.24) is 9.80 Å². The lowest BCUT2D eigenvalue weighted by atomic mass is 9.98. The van der Waals surface area contributed by atoms with Gasteiger partial charge >= 0.3 is 0 Å². The molecule has 1 aliphatic heterocycles. The summed E-state index contributed by atoms with van der Waals surface area (Å²) in [4.78, 5) is 4.80. The summed E-state index contributed by atoms with van der Waals surface area (Å²) in [5.74, 6) is 0.749. The maximum absolute atomic E-state index is 6.22. The van der Waals surface area contributed by atoms with Gasteiger partial charge in [0.15, 0.2) is 0 Å². The van der Waals surface area contributed by atoms with Gasteiger partial charge in [-0.2, -0.15) is 0 Å². The van der Waals surface area contributed by atoms with Gasteiger partial charge in [0.25, 0.3) is 0 Å². The first-order valence-corrected chi connectivity index (χ1v) is 7.75. The highest BCUT2D eigenvalue weighted by Crippen LogP contribution is 2.26. The lowest BCUT2D eigenvalue weighted by Gasteiger charge is -2.33. The van der Waals surface area contributed by atoms with E-state index < -0.39 is 0 Å². The minimum Gasteiger partial charge on any atom is -0.326 e. The van der Waals surface area contributed by atoms with Gasteiger partial charge in [0, 0.05) is 30.2 Å². The zero-order valence-electron chi connectivity index (χ0n) is 12.7. The van der Waals surface area contributed by atoms with Crippen LogP contribution < -0.4 is 5.73 Å². The summed E-state index contributed by atoms with van der Waals surface area (Å²) in [5, 5.41) is 0.775. The highest BCUT2D eigenvalue weighted by molar-refractivity contribution is 6.30. The molecule has 1 aromatic carbocycles. The van der Waals surface area contributed by atoms with Crippen molar-refractivity contribution in [3.8, 4) is 0 Å². The van der Waals surface area contributed by atoms with Gasteiger partial charge in [-0.25, -0.2) is 0 Å². The van der Waals surface area contributed by atoms with E-state index in [-0.39, 0.29) is 12.1 Å². The van der Waals surface area contributed by atoms with Crippen LogP contribution in [0.1, 0.15) is 24.9 Å². The minimum absolute atomic E-state index is 0.0975. The van der Waals surface area contributed by atoms with Gasteiger partial charge in [-0.3, -0.25) is 4.90 Å². The van der Waals surface area contributed by atoms with Crippen LogP contribution in [0.15, 0.2) is 24.3 Å². The summed E-state index contributed by atoms with van der Waals surface area (Å²) in [5.41, 5.74) is 7.47. The number of halogens is 1. The number of likely N-dealkylation sites (tertiary alicyclic amines) is 1. The number of benzene rings is 1. The molecular weight excluding hydrogens is 270 g/mol. The van der Waals surface area contributed by atoms with Crippen LogP contribution in [0.25, 0.3) is 0 Å². The molecule has 0 radical (unpaired) electrons. The van der Waals surface area contributed by atoms with Crippen LogP contribution in [0.3, 0.4) is 0 Å². The molecule has 3 atom stereocenters. The van der Waals surface area contributed by atoms with E-state index in [0.717, 1.165) is 17.5 Å². The number of hydrogen-bond donors (Lipinski definition) is 1. The standard InChI is InChI=1S/C16H26ClN3/c1-12(18)16(14-4-6-15(17)7-5-14)20(3)11-13-8-9-19(2)10-13/h4-7,12-13,16H,8-11,18H2,1-3H3. The average molecular weight is 296 g/mol. The molecule has 1 heterocycles. The second-order valence-electron chi connectivity index (χ2n) is 6.21. The summed E-state index contributed by atoms with van der Waals surface area (Å²) < 4.78 is 0. The molecule has 3 nitrogen and oxygen atoms in total. The van der Waals surface area contributed by atoms with E-state index in [1.54, 1.807) is 0 Å². The fraction of sp³-hybridized carbons (Fsp3) is 0.625.